The highest BCUT2D eigenvalue weighted by Crippen LogP contribution is 2.37. The number of nitrogens with one attached hydrogen (secondary N) is 3. The van der Waals surface area contributed by atoms with Crippen molar-refractivity contribution in [2.45, 2.75) is 4.90 Å². The Kier molecular flexibility index (Phi) is 5.70. The summed E-state index contributed by atoms with van der Waals surface area (Å²) in [7, 11) is -4.42. The number of rotatable bonds is 5. The number of H-pyrrole nitrogens is 2. The van der Waals surface area contributed by atoms with E-state index in [0.717, 1.165) is 18.2 Å². The summed E-state index contributed by atoms with van der Waals surface area (Å²) in [5, 5.41) is 6.79. The van der Waals surface area contributed by atoms with Crippen molar-refractivity contribution < 1.29 is 21.6 Å². The first-order chi connectivity index (χ1) is 16.7. The van der Waals surface area contributed by atoms with E-state index < -0.39 is 49.2 Å². The van der Waals surface area contributed by atoms with Gasteiger partial charge in [0.1, 0.15) is 21.9 Å². The second-order valence-corrected chi connectivity index (χ2v) is 9.82. The average Bonchev–Trinajstić information content (AvgIpc) is 3.49. The molecule has 0 fully saturated rings. The predicted molar refractivity (Wildman–Crippen MR) is 126 cm³/mol. The zero-order chi connectivity index (χ0) is 24.9. The number of benzene rings is 3. The van der Waals surface area contributed by atoms with Crippen molar-refractivity contribution in [1.29, 1.82) is 0 Å². The molecule has 7 nitrogen and oxygen atoms in total. The number of anilines is 1. The van der Waals surface area contributed by atoms with Gasteiger partial charge in [-0.1, -0.05) is 29.3 Å². The Bertz CT molecular complexity index is 1710. The first kappa shape index (κ1) is 23.2. The molecule has 0 bridgehead atoms. The summed E-state index contributed by atoms with van der Waals surface area (Å²) in [5.74, 6) is -3.04. The number of imidazole rings is 1. The van der Waals surface area contributed by atoms with Crippen molar-refractivity contribution in [2.75, 3.05) is 4.72 Å². The lowest BCUT2D eigenvalue weighted by atomic mass is 10.0. The van der Waals surface area contributed by atoms with Gasteiger partial charge in [0.2, 0.25) is 0 Å². The van der Waals surface area contributed by atoms with Crippen LogP contribution in [0, 0.1) is 17.5 Å². The Morgan fingerprint density at radius 2 is 1.77 bits per heavy atom. The Morgan fingerprint density at radius 1 is 0.971 bits per heavy atom. The lowest BCUT2D eigenvalue weighted by molar-refractivity contribution is 0.583. The number of hydrogen-bond acceptors (Lipinski definition) is 4. The van der Waals surface area contributed by atoms with Gasteiger partial charge in [-0.2, -0.15) is 5.10 Å². The SMILES string of the molecule is O=S(=O)(Nc1ccc(F)c(-c2ccc3c(-c4ncc[nH]4)n[nH]c3c2F)c1F)c1cc(Cl)ccc1Cl. The van der Waals surface area contributed by atoms with Crippen LogP contribution in [0.2, 0.25) is 10.0 Å². The second kappa shape index (κ2) is 8.59. The summed E-state index contributed by atoms with van der Waals surface area (Å²) < 4.78 is 73.2. The molecule has 0 spiro atoms. The van der Waals surface area contributed by atoms with E-state index in [1.54, 1.807) is 6.20 Å². The van der Waals surface area contributed by atoms with Crippen molar-refractivity contribution >= 4 is 49.8 Å². The molecular formula is C22H12Cl2F3N5O2S. The third-order valence-corrected chi connectivity index (χ3v) is 7.27. The quantitative estimate of drug-likeness (QED) is 0.250. The van der Waals surface area contributed by atoms with Crippen LogP contribution in [0.1, 0.15) is 0 Å². The van der Waals surface area contributed by atoms with Gasteiger partial charge < -0.3 is 4.98 Å². The van der Waals surface area contributed by atoms with E-state index in [9.17, 15) is 12.8 Å². The molecule has 0 atom stereocenters. The van der Waals surface area contributed by atoms with Crippen molar-refractivity contribution in [1.82, 2.24) is 20.2 Å². The number of halogens is 5. The smallest absolute Gasteiger partial charge is 0.263 e. The topological polar surface area (TPSA) is 104 Å². The number of fused-ring (bicyclic) bond motifs is 1. The molecular weight excluding hydrogens is 526 g/mol. The van der Waals surface area contributed by atoms with Crippen LogP contribution >= 0.6 is 23.2 Å². The van der Waals surface area contributed by atoms with Crippen LogP contribution in [0.15, 0.2) is 59.8 Å². The van der Waals surface area contributed by atoms with Gasteiger partial charge in [0.05, 0.1) is 16.3 Å². The summed E-state index contributed by atoms with van der Waals surface area (Å²) in [6.07, 6.45) is 3.06. The predicted octanol–water partition coefficient (Wildman–Crippen LogP) is 6.14. The zero-order valence-corrected chi connectivity index (χ0v) is 19.5. The van der Waals surface area contributed by atoms with Gasteiger partial charge in [-0.05, 0) is 36.4 Å². The molecule has 3 aromatic carbocycles. The highest BCUT2D eigenvalue weighted by molar-refractivity contribution is 7.92. The fourth-order valence-electron chi connectivity index (χ4n) is 3.58. The van der Waals surface area contributed by atoms with Crippen LogP contribution in [0.25, 0.3) is 33.5 Å². The molecule has 0 aliphatic heterocycles. The Balaban J connectivity index is 1.60. The van der Waals surface area contributed by atoms with Gasteiger partial charge >= 0.3 is 0 Å². The molecule has 0 saturated heterocycles. The molecule has 0 saturated carbocycles. The van der Waals surface area contributed by atoms with Gasteiger partial charge in [-0.15, -0.1) is 0 Å². The molecule has 35 heavy (non-hydrogen) atoms. The number of sulfonamides is 1. The molecule has 5 aromatic rings. The maximum absolute atomic E-state index is 15.4. The van der Waals surface area contributed by atoms with Crippen molar-refractivity contribution in [3.8, 4) is 22.6 Å². The largest absolute Gasteiger partial charge is 0.343 e. The Labute approximate surface area is 206 Å². The van der Waals surface area contributed by atoms with E-state index in [2.05, 4.69) is 20.2 Å². The van der Waals surface area contributed by atoms with Crippen molar-refractivity contribution in [3.05, 3.63) is 82.4 Å². The first-order valence-corrected chi connectivity index (χ1v) is 12.0. The monoisotopic (exact) mass is 537 g/mol. The molecule has 0 radical (unpaired) electrons. The minimum absolute atomic E-state index is 0.0823. The van der Waals surface area contributed by atoms with E-state index in [0.29, 0.717) is 16.9 Å². The summed E-state index contributed by atoms with van der Waals surface area (Å²) in [4.78, 5) is 6.50. The normalized spacial score (nSPS) is 11.8. The molecule has 0 unspecified atom stereocenters. The molecule has 178 valence electrons. The van der Waals surface area contributed by atoms with Crippen molar-refractivity contribution in [3.63, 3.8) is 0 Å². The van der Waals surface area contributed by atoms with Crippen LogP contribution in [0.3, 0.4) is 0 Å². The van der Waals surface area contributed by atoms with E-state index in [-0.39, 0.29) is 15.6 Å². The Hall–Kier alpha value is -3.54. The summed E-state index contributed by atoms with van der Waals surface area (Å²) in [6, 6.07) is 8.02. The van der Waals surface area contributed by atoms with E-state index >= 15 is 8.78 Å². The van der Waals surface area contributed by atoms with Gasteiger partial charge in [-0.3, -0.25) is 9.82 Å². The molecule has 0 aliphatic rings. The van der Waals surface area contributed by atoms with Crippen LogP contribution in [0.4, 0.5) is 18.9 Å². The van der Waals surface area contributed by atoms with Gasteiger partial charge in [0.15, 0.2) is 17.5 Å². The fourth-order valence-corrected chi connectivity index (χ4v) is 5.41. The third kappa shape index (κ3) is 4.01. The van der Waals surface area contributed by atoms with E-state index in [1.807, 2.05) is 4.72 Å². The number of hydrogen-bond donors (Lipinski definition) is 3. The van der Waals surface area contributed by atoms with Gasteiger partial charge in [-0.25, -0.2) is 26.6 Å². The molecule has 5 rings (SSSR count). The lowest BCUT2D eigenvalue weighted by Crippen LogP contribution is -2.15. The molecule has 0 aliphatic carbocycles. The average molecular weight is 538 g/mol. The fraction of sp³-hybridized carbons (Fsp3) is 0. The van der Waals surface area contributed by atoms with Crippen LogP contribution in [0.5, 0.6) is 0 Å². The molecule has 2 aromatic heterocycles. The number of aromatic amines is 2. The van der Waals surface area contributed by atoms with Crippen LogP contribution in [-0.4, -0.2) is 28.6 Å². The maximum Gasteiger partial charge on any atom is 0.263 e. The zero-order valence-electron chi connectivity index (χ0n) is 17.2. The second-order valence-electron chi connectivity index (χ2n) is 7.32. The first-order valence-electron chi connectivity index (χ1n) is 9.80. The van der Waals surface area contributed by atoms with Gasteiger partial charge in [0.25, 0.3) is 10.0 Å². The highest BCUT2D eigenvalue weighted by atomic mass is 35.5. The van der Waals surface area contributed by atoms with E-state index in [1.165, 1.54) is 30.5 Å². The Morgan fingerprint density at radius 3 is 2.51 bits per heavy atom. The summed E-state index contributed by atoms with van der Waals surface area (Å²) in [5.41, 5.74) is -1.61. The number of nitrogens with zero attached hydrogens (tertiary/aromatic N) is 2. The molecule has 3 N–H and O–H groups in total. The maximum atomic E-state index is 15.4. The van der Waals surface area contributed by atoms with E-state index in [4.69, 9.17) is 23.2 Å². The van der Waals surface area contributed by atoms with Gasteiger partial charge in [0, 0.05) is 28.4 Å². The lowest BCUT2D eigenvalue weighted by Gasteiger charge is -2.14. The highest BCUT2D eigenvalue weighted by Gasteiger charge is 2.25. The summed E-state index contributed by atoms with van der Waals surface area (Å²) in [6.45, 7) is 0. The minimum Gasteiger partial charge on any atom is -0.343 e. The van der Waals surface area contributed by atoms with Crippen molar-refractivity contribution in [2.24, 2.45) is 0 Å². The minimum atomic E-state index is -4.42. The summed E-state index contributed by atoms with van der Waals surface area (Å²) >= 11 is 11.8. The van der Waals surface area contributed by atoms with Crippen LogP contribution in [-0.2, 0) is 10.0 Å². The third-order valence-electron chi connectivity index (χ3n) is 5.19. The molecule has 0 amide bonds. The molecule has 2 heterocycles. The van der Waals surface area contributed by atoms with Crippen LogP contribution < -0.4 is 4.72 Å². The standard InChI is InChI=1S/C22H12Cl2F3N5O2S/c23-10-1-4-13(24)16(9-10)35(33,34)32-15-6-5-14(25)17(19(15)27)11-2-3-12-20(18(11)26)30-31-21(12)22-28-7-8-29-22/h1-9,32H,(H,28,29)(H,30,31). The number of aromatic nitrogens is 4. The molecule has 13 heteroatoms.